The Morgan fingerprint density at radius 2 is 2.00 bits per heavy atom. The number of nitrogens with one attached hydrogen (secondary N) is 2. The molecule has 3 N–H and O–H groups in total. The summed E-state index contributed by atoms with van der Waals surface area (Å²) < 4.78 is 5.44. The van der Waals surface area contributed by atoms with Crippen molar-refractivity contribution in [1.82, 2.24) is 15.5 Å². The zero-order valence-electron chi connectivity index (χ0n) is 16.8. The number of hydrogen-bond acceptors (Lipinski definition) is 4. The summed E-state index contributed by atoms with van der Waals surface area (Å²) in [6.45, 7) is 13.4. The van der Waals surface area contributed by atoms with Crippen LogP contribution < -0.4 is 10.6 Å². The van der Waals surface area contributed by atoms with E-state index >= 15 is 0 Å². The molecule has 26 heavy (non-hydrogen) atoms. The van der Waals surface area contributed by atoms with Crippen LogP contribution in [0.4, 0.5) is 0 Å². The molecule has 1 aliphatic rings. The van der Waals surface area contributed by atoms with Crippen molar-refractivity contribution in [2.45, 2.75) is 53.2 Å². The van der Waals surface area contributed by atoms with Gasteiger partial charge in [0.05, 0.1) is 19.3 Å². The first-order valence-electron chi connectivity index (χ1n) is 9.42. The largest absolute Gasteiger partial charge is 0.389 e. The number of carbonyl (C=O) groups excluding carboxylic acids is 1. The fourth-order valence-electron chi connectivity index (χ4n) is 2.65. The Morgan fingerprint density at radius 1 is 1.31 bits per heavy atom. The highest BCUT2D eigenvalue weighted by molar-refractivity contribution is 14.0. The molecule has 0 spiro atoms. The zero-order valence-corrected chi connectivity index (χ0v) is 19.2. The lowest BCUT2D eigenvalue weighted by molar-refractivity contribution is -0.133. The molecule has 1 amide bonds. The van der Waals surface area contributed by atoms with Crippen molar-refractivity contribution in [3.8, 4) is 0 Å². The Kier molecular flexibility index (Phi) is 13.2. The number of aliphatic hydroxyl groups is 1. The van der Waals surface area contributed by atoms with Gasteiger partial charge >= 0.3 is 0 Å². The van der Waals surface area contributed by atoms with Crippen molar-refractivity contribution < 1.29 is 14.6 Å². The monoisotopic (exact) mass is 484 g/mol. The van der Waals surface area contributed by atoms with Crippen LogP contribution in [0.1, 0.15) is 41.0 Å². The van der Waals surface area contributed by atoms with E-state index in [0.29, 0.717) is 31.6 Å². The lowest BCUT2D eigenvalue weighted by atomic mass is 10.2. The van der Waals surface area contributed by atoms with Crippen molar-refractivity contribution in [3.05, 3.63) is 0 Å². The molecule has 2 atom stereocenters. The molecule has 1 rings (SSSR count). The molecule has 0 aromatic rings. The van der Waals surface area contributed by atoms with E-state index < -0.39 is 6.10 Å². The van der Waals surface area contributed by atoms with E-state index in [4.69, 9.17) is 4.74 Å². The quantitative estimate of drug-likeness (QED) is 0.262. The highest BCUT2D eigenvalue weighted by Crippen LogP contribution is 2.12. The second kappa shape index (κ2) is 13.5. The van der Waals surface area contributed by atoms with Crippen molar-refractivity contribution in [1.29, 1.82) is 0 Å². The fourth-order valence-corrected chi connectivity index (χ4v) is 2.65. The summed E-state index contributed by atoms with van der Waals surface area (Å²) in [5.74, 6) is 1.36. The van der Waals surface area contributed by atoms with Gasteiger partial charge in [0.2, 0.25) is 5.91 Å². The van der Waals surface area contributed by atoms with Gasteiger partial charge in [-0.25, -0.2) is 0 Å². The van der Waals surface area contributed by atoms with Gasteiger partial charge in [0, 0.05) is 38.2 Å². The molecule has 7 nitrogen and oxygen atoms in total. The normalized spacial score (nSPS) is 18.8. The molecule has 154 valence electrons. The third-order valence-electron chi connectivity index (χ3n) is 3.90. The summed E-state index contributed by atoms with van der Waals surface area (Å²) in [5.41, 5.74) is 0. The number of carbonyl (C=O) groups is 1. The smallest absolute Gasteiger partial charge is 0.225 e. The Hall–Kier alpha value is -0.610. The summed E-state index contributed by atoms with van der Waals surface area (Å²) in [6.07, 6.45) is 0.292. The highest BCUT2D eigenvalue weighted by atomic mass is 127. The molecule has 1 saturated heterocycles. The summed E-state index contributed by atoms with van der Waals surface area (Å²) in [5, 5.41) is 16.5. The van der Waals surface area contributed by atoms with E-state index in [2.05, 4.69) is 29.5 Å². The molecule has 1 fully saturated rings. The highest BCUT2D eigenvalue weighted by Gasteiger charge is 2.27. The number of aliphatic imine (C=N–C) groups is 1. The molecule has 0 aromatic carbocycles. The Balaban J connectivity index is 0.00000625. The summed E-state index contributed by atoms with van der Waals surface area (Å²) >= 11 is 0. The molecule has 1 aliphatic heterocycles. The Bertz CT molecular complexity index is 433. The molecule has 8 heteroatoms. The van der Waals surface area contributed by atoms with E-state index in [0.717, 1.165) is 19.5 Å². The summed E-state index contributed by atoms with van der Waals surface area (Å²) in [6, 6.07) is 0.190. The second-order valence-electron chi connectivity index (χ2n) is 7.37. The van der Waals surface area contributed by atoms with Gasteiger partial charge in [0.15, 0.2) is 5.96 Å². The first kappa shape index (κ1) is 25.4. The fraction of sp³-hybridized carbons (Fsp3) is 0.889. The molecule has 0 bridgehead atoms. The van der Waals surface area contributed by atoms with E-state index in [9.17, 15) is 9.90 Å². The van der Waals surface area contributed by atoms with E-state index in [1.807, 2.05) is 25.7 Å². The van der Waals surface area contributed by atoms with Crippen LogP contribution >= 0.6 is 24.0 Å². The summed E-state index contributed by atoms with van der Waals surface area (Å²) in [4.78, 5) is 18.4. The van der Waals surface area contributed by atoms with Crippen LogP contribution in [-0.4, -0.2) is 73.4 Å². The SMILES string of the molecule is CCNC(=NCC(O)COCC(C)C)NC1CCN(C(=O)C(C)C)C1.I. The van der Waals surface area contributed by atoms with Gasteiger partial charge in [-0.15, -0.1) is 24.0 Å². The predicted octanol–water partition coefficient (Wildman–Crippen LogP) is 1.45. The number of nitrogens with zero attached hydrogens (tertiary/aromatic N) is 2. The van der Waals surface area contributed by atoms with Crippen LogP contribution in [0.15, 0.2) is 4.99 Å². The lowest BCUT2D eigenvalue weighted by Gasteiger charge is -2.20. The van der Waals surface area contributed by atoms with Crippen molar-refractivity contribution in [2.75, 3.05) is 39.4 Å². The molecule has 0 radical (unpaired) electrons. The number of halogens is 1. The standard InChI is InChI=1S/C18H36N4O3.HI/c1-6-19-18(20-9-16(23)12-25-11-13(2)3)21-15-7-8-22(10-15)17(24)14(4)5;/h13-16,23H,6-12H2,1-5H3,(H2,19,20,21);1H. The van der Waals surface area contributed by atoms with Crippen molar-refractivity contribution in [3.63, 3.8) is 0 Å². The third kappa shape index (κ3) is 9.91. The zero-order chi connectivity index (χ0) is 18.8. The number of guanidine groups is 1. The van der Waals surface area contributed by atoms with Gasteiger partial charge in [-0.3, -0.25) is 9.79 Å². The minimum absolute atomic E-state index is 0. The van der Waals surface area contributed by atoms with Gasteiger partial charge in [0.25, 0.3) is 0 Å². The first-order chi connectivity index (χ1) is 11.8. The van der Waals surface area contributed by atoms with Crippen LogP contribution in [0.2, 0.25) is 0 Å². The second-order valence-corrected chi connectivity index (χ2v) is 7.37. The lowest BCUT2D eigenvalue weighted by Crippen LogP contribution is -2.45. The van der Waals surface area contributed by atoms with Gasteiger partial charge in [-0.05, 0) is 19.3 Å². The maximum atomic E-state index is 12.1. The van der Waals surface area contributed by atoms with Crippen LogP contribution in [0.3, 0.4) is 0 Å². The van der Waals surface area contributed by atoms with E-state index in [1.165, 1.54) is 0 Å². The topological polar surface area (TPSA) is 86.2 Å². The van der Waals surface area contributed by atoms with Crippen LogP contribution in [0, 0.1) is 11.8 Å². The maximum Gasteiger partial charge on any atom is 0.225 e. The number of amides is 1. The molecular weight excluding hydrogens is 447 g/mol. The Morgan fingerprint density at radius 3 is 2.58 bits per heavy atom. The average molecular weight is 484 g/mol. The van der Waals surface area contributed by atoms with Crippen molar-refractivity contribution in [2.24, 2.45) is 16.8 Å². The van der Waals surface area contributed by atoms with Crippen LogP contribution in [0.25, 0.3) is 0 Å². The van der Waals surface area contributed by atoms with Gasteiger partial charge < -0.3 is 25.4 Å². The van der Waals surface area contributed by atoms with E-state index in [1.54, 1.807) is 0 Å². The molecule has 0 aliphatic carbocycles. The van der Waals surface area contributed by atoms with Crippen molar-refractivity contribution >= 4 is 35.8 Å². The number of hydrogen-bond donors (Lipinski definition) is 3. The Labute approximate surface area is 175 Å². The molecule has 0 saturated carbocycles. The molecule has 0 aromatic heterocycles. The molecule has 1 heterocycles. The minimum Gasteiger partial charge on any atom is -0.389 e. The number of rotatable bonds is 9. The van der Waals surface area contributed by atoms with E-state index in [-0.39, 0.29) is 48.4 Å². The number of ether oxygens (including phenoxy) is 1. The maximum absolute atomic E-state index is 12.1. The molecular formula is C18H37IN4O3. The van der Waals surface area contributed by atoms with Crippen LogP contribution in [-0.2, 0) is 9.53 Å². The molecule has 2 unspecified atom stereocenters. The minimum atomic E-state index is -0.614. The summed E-state index contributed by atoms with van der Waals surface area (Å²) in [7, 11) is 0. The first-order valence-corrected chi connectivity index (χ1v) is 9.42. The average Bonchev–Trinajstić information content (AvgIpc) is 3.00. The van der Waals surface area contributed by atoms with Crippen LogP contribution in [0.5, 0.6) is 0 Å². The number of aliphatic hydroxyl groups excluding tert-OH is 1. The van der Waals surface area contributed by atoms with Gasteiger partial charge in [-0.1, -0.05) is 27.7 Å². The number of likely N-dealkylation sites (tertiary alicyclic amines) is 1. The van der Waals surface area contributed by atoms with Gasteiger partial charge in [0.1, 0.15) is 0 Å². The van der Waals surface area contributed by atoms with Gasteiger partial charge in [-0.2, -0.15) is 0 Å². The predicted molar refractivity (Wildman–Crippen MR) is 116 cm³/mol. The third-order valence-corrected chi connectivity index (χ3v) is 3.90.